The molecule has 2 aromatic heterocycles. The van der Waals surface area contributed by atoms with Crippen molar-refractivity contribution in [2.24, 2.45) is 0 Å². The van der Waals surface area contributed by atoms with Crippen molar-refractivity contribution < 1.29 is 9.59 Å². The van der Waals surface area contributed by atoms with E-state index in [9.17, 15) is 9.59 Å². The summed E-state index contributed by atoms with van der Waals surface area (Å²) in [5.41, 5.74) is 2.03. The molecule has 1 aliphatic rings. The topological polar surface area (TPSA) is 62.3 Å². The van der Waals surface area contributed by atoms with E-state index in [-0.39, 0.29) is 11.8 Å². The van der Waals surface area contributed by atoms with Gasteiger partial charge < -0.3 is 10.2 Å². The first-order valence-corrected chi connectivity index (χ1v) is 11.0. The second kappa shape index (κ2) is 8.93. The highest BCUT2D eigenvalue weighted by atomic mass is 35.5. The van der Waals surface area contributed by atoms with Gasteiger partial charge in [-0.25, -0.2) is 4.98 Å². The van der Waals surface area contributed by atoms with Gasteiger partial charge in [-0.15, -0.1) is 11.3 Å². The minimum atomic E-state index is -0.195. The number of halogens is 1. The lowest BCUT2D eigenvalue weighted by molar-refractivity contribution is -0.131. The molecule has 4 rings (SSSR count). The lowest BCUT2D eigenvalue weighted by Gasteiger charge is -2.26. The van der Waals surface area contributed by atoms with Gasteiger partial charge in [-0.05, 0) is 43.5 Å². The van der Waals surface area contributed by atoms with Crippen LogP contribution >= 0.6 is 22.9 Å². The molecule has 2 amide bonds. The highest BCUT2D eigenvalue weighted by molar-refractivity contribution is 7.19. The number of likely N-dealkylation sites (tertiary alicyclic amines) is 1. The number of amides is 2. The highest BCUT2D eigenvalue weighted by Gasteiger charge is 2.18. The number of fused-ring (bicyclic) bond motifs is 1. The maximum absolute atomic E-state index is 12.9. The molecule has 1 aromatic carbocycles. The predicted octanol–water partition coefficient (Wildman–Crippen LogP) is 4.75. The summed E-state index contributed by atoms with van der Waals surface area (Å²) in [6.45, 7) is 1.98. The highest BCUT2D eigenvalue weighted by Crippen LogP contribution is 2.32. The molecule has 29 heavy (non-hydrogen) atoms. The van der Waals surface area contributed by atoms with E-state index in [0.717, 1.165) is 47.4 Å². The molecule has 1 fully saturated rings. The Bertz CT molecular complexity index is 1040. The third-order valence-corrected chi connectivity index (χ3v) is 6.37. The van der Waals surface area contributed by atoms with Crippen molar-refractivity contribution in [2.45, 2.75) is 25.7 Å². The maximum atomic E-state index is 12.9. The summed E-state index contributed by atoms with van der Waals surface area (Å²) in [7, 11) is 0. The van der Waals surface area contributed by atoms with Crippen molar-refractivity contribution in [3.8, 4) is 10.6 Å². The molecule has 150 valence electrons. The molecule has 0 bridgehead atoms. The normalized spacial score (nSPS) is 14.2. The summed E-state index contributed by atoms with van der Waals surface area (Å²) in [6.07, 6.45) is 3.64. The zero-order chi connectivity index (χ0) is 20.2. The maximum Gasteiger partial charge on any atom is 0.252 e. The minimum absolute atomic E-state index is 0.110. The van der Waals surface area contributed by atoms with E-state index >= 15 is 0 Å². The van der Waals surface area contributed by atoms with Crippen molar-refractivity contribution in [1.82, 2.24) is 15.2 Å². The fraction of sp³-hybridized carbons (Fsp3) is 0.318. The third-order valence-electron chi connectivity index (χ3n) is 5.12. The molecule has 0 unspecified atom stereocenters. The van der Waals surface area contributed by atoms with Crippen LogP contribution in [-0.4, -0.2) is 41.3 Å². The van der Waals surface area contributed by atoms with Crippen LogP contribution in [0.15, 0.2) is 42.5 Å². The number of nitrogens with zero attached hydrogens (tertiary/aromatic N) is 2. The summed E-state index contributed by atoms with van der Waals surface area (Å²) < 4.78 is 0.678. The molecular weight excluding hydrogens is 406 g/mol. The molecule has 0 aliphatic carbocycles. The molecule has 7 heteroatoms. The average Bonchev–Trinajstić information content (AvgIpc) is 3.19. The van der Waals surface area contributed by atoms with Gasteiger partial charge in [0.05, 0.1) is 26.0 Å². The summed E-state index contributed by atoms with van der Waals surface area (Å²) in [4.78, 5) is 32.7. The van der Waals surface area contributed by atoms with Crippen LogP contribution in [0.25, 0.3) is 21.5 Å². The molecule has 0 spiro atoms. The van der Waals surface area contributed by atoms with Gasteiger partial charge in [-0.1, -0.05) is 29.8 Å². The van der Waals surface area contributed by atoms with E-state index < -0.39 is 0 Å². The van der Waals surface area contributed by atoms with Crippen LogP contribution in [0, 0.1) is 0 Å². The molecule has 3 aromatic rings. The van der Waals surface area contributed by atoms with Gasteiger partial charge in [0.15, 0.2) is 0 Å². The van der Waals surface area contributed by atoms with Crippen molar-refractivity contribution in [2.75, 3.05) is 19.6 Å². The van der Waals surface area contributed by atoms with Gasteiger partial charge >= 0.3 is 0 Å². The van der Waals surface area contributed by atoms with E-state index in [0.29, 0.717) is 22.9 Å². The van der Waals surface area contributed by atoms with E-state index in [1.54, 1.807) is 6.07 Å². The zero-order valence-corrected chi connectivity index (χ0v) is 17.6. The summed E-state index contributed by atoms with van der Waals surface area (Å²) >= 11 is 7.50. The van der Waals surface area contributed by atoms with E-state index in [4.69, 9.17) is 11.6 Å². The average molecular weight is 428 g/mol. The van der Waals surface area contributed by atoms with E-state index in [1.807, 2.05) is 41.3 Å². The monoisotopic (exact) mass is 427 g/mol. The molecule has 1 N–H and O–H groups in total. The Morgan fingerprint density at radius 2 is 1.90 bits per heavy atom. The van der Waals surface area contributed by atoms with Crippen molar-refractivity contribution in [3.63, 3.8) is 0 Å². The van der Waals surface area contributed by atoms with Gasteiger partial charge in [0, 0.05) is 31.4 Å². The number of nitrogens with one attached hydrogen (secondary N) is 1. The molecule has 0 radical (unpaired) electrons. The number of thiophene rings is 1. The van der Waals surface area contributed by atoms with Gasteiger partial charge in [0.1, 0.15) is 0 Å². The second-order valence-electron chi connectivity index (χ2n) is 7.12. The molecule has 5 nitrogen and oxygen atoms in total. The van der Waals surface area contributed by atoms with E-state index in [1.165, 1.54) is 17.8 Å². The van der Waals surface area contributed by atoms with Crippen molar-refractivity contribution >= 4 is 45.7 Å². The van der Waals surface area contributed by atoms with Crippen LogP contribution in [0.1, 0.15) is 36.0 Å². The number of carbonyl (C=O) groups is 2. The number of benzene rings is 1. The minimum Gasteiger partial charge on any atom is -0.351 e. The van der Waals surface area contributed by atoms with Crippen LogP contribution in [-0.2, 0) is 4.79 Å². The molecule has 1 saturated heterocycles. The Balaban J connectivity index is 1.51. The van der Waals surface area contributed by atoms with E-state index in [2.05, 4.69) is 10.3 Å². The molecular formula is C22H22ClN3O2S. The van der Waals surface area contributed by atoms with Crippen LogP contribution in [0.3, 0.4) is 0 Å². The Labute approximate surface area is 178 Å². The SMILES string of the molecule is O=C(NCCC(=O)N1CCCCC1)c1cc(-c2ccc(Cl)s2)nc2ccccc12. The number of hydrogen-bond donors (Lipinski definition) is 1. The first-order chi connectivity index (χ1) is 14.1. The molecule has 0 saturated carbocycles. The number of pyridine rings is 1. The number of rotatable bonds is 5. The smallest absolute Gasteiger partial charge is 0.252 e. The second-order valence-corrected chi connectivity index (χ2v) is 8.84. The lowest BCUT2D eigenvalue weighted by atomic mass is 10.1. The third kappa shape index (κ3) is 4.60. The number of hydrogen-bond acceptors (Lipinski definition) is 4. The molecule has 0 atom stereocenters. The number of piperidine rings is 1. The number of carbonyl (C=O) groups excluding carboxylic acids is 2. The van der Waals surface area contributed by atoms with Crippen LogP contribution in [0.2, 0.25) is 4.34 Å². The molecule has 3 heterocycles. The fourth-order valence-electron chi connectivity index (χ4n) is 3.62. The van der Waals surface area contributed by atoms with Crippen molar-refractivity contribution in [3.05, 3.63) is 52.4 Å². The first-order valence-electron chi connectivity index (χ1n) is 9.83. The largest absolute Gasteiger partial charge is 0.351 e. The summed E-state index contributed by atoms with van der Waals surface area (Å²) in [6, 6.07) is 13.1. The quantitative estimate of drug-likeness (QED) is 0.639. The summed E-state index contributed by atoms with van der Waals surface area (Å²) in [5.74, 6) is -0.0857. The van der Waals surface area contributed by atoms with Crippen molar-refractivity contribution in [1.29, 1.82) is 0 Å². The Hall–Kier alpha value is -2.44. The zero-order valence-electron chi connectivity index (χ0n) is 16.0. The first kappa shape index (κ1) is 19.9. The van der Waals surface area contributed by atoms with Gasteiger partial charge in [0.2, 0.25) is 5.91 Å². The van der Waals surface area contributed by atoms with Gasteiger partial charge in [0.25, 0.3) is 5.91 Å². The standard InChI is InChI=1S/C22H22ClN3O2S/c23-20-9-8-19(29-20)18-14-16(15-6-2-3-7-17(15)25-18)22(28)24-11-10-21(27)26-12-4-1-5-13-26/h2-3,6-9,14H,1,4-5,10-13H2,(H,24,28). The fourth-order valence-corrected chi connectivity index (χ4v) is 4.62. The van der Waals surface area contributed by atoms with Crippen LogP contribution in [0.5, 0.6) is 0 Å². The predicted molar refractivity (Wildman–Crippen MR) is 117 cm³/mol. The Kier molecular flexibility index (Phi) is 6.11. The van der Waals surface area contributed by atoms with Gasteiger partial charge in [-0.2, -0.15) is 0 Å². The molecule has 1 aliphatic heterocycles. The van der Waals surface area contributed by atoms with Gasteiger partial charge in [-0.3, -0.25) is 9.59 Å². The van der Waals surface area contributed by atoms with Crippen LogP contribution < -0.4 is 5.32 Å². The summed E-state index contributed by atoms with van der Waals surface area (Å²) in [5, 5.41) is 3.70. The number of para-hydroxylation sites is 1. The lowest BCUT2D eigenvalue weighted by Crippen LogP contribution is -2.37. The van der Waals surface area contributed by atoms with Crippen LogP contribution in [0.4, 0.5) is 0 Å². The Morgan fingerprint density at radius 3 is 2.66 bits per heavy atom. The number of aromatic nitrogens is 1. The Morgan fingerprint density at radius 1 is 1.10 bits per heavy atom.